The van der Waals surface area contributed by atoms with Gasteiger partial charge in [0.05, 0.1) is 17.4 Å². The van der Waals surface area contributed by atoms with Crippen LogP contribution in [0.1, 0.15) is 20.8 Å². The first-order chi connectivity index (χ1) is 12.3. The molecule has 0 unspecified atom stereocenters. The summed E-state index contributed by atoms with van der Waals surface area (Å²) in [5.41, 5.74) is -0.331. The van der Waals surface area contributed by atoms with E-state index in [0.29, 0.717) is 4.91 Å². The van der Waals surface area contributed by atoms with Crippen molar-refractivity contribution in [2.75, 3.05) is 25.6 Å². The van der Waals surface area contributed by atoms with Crippen molar-refractivity contribution in [3.05, 3.63) is 11.0 Å². The number of thioether (sulfide) groups is 1. The number of imide groups is 1. The van der Waals surface area contributed by atoms with Crippen molar-refractivity contribution in [1.82, 2.24) is 9.80 Å². The molecule has 1 saturated heterocycles. The van der Waals surface area contributed by atoms with Crippen LogP contribution in [0.5, 0.6) is 0 Å². The third-order valence-electron chi connectivity index (χ3n) is 4.65. The van der Waals surface area contributed by atoms with Gasteiger partial charge in [-0.05, 0) is 17.1 Å². The number of nitrogens with zero attached hydrogens (tertiary/aromatic N) is 3. The Bertz CT molecular complexity index is 732. The molecule has 0 spiro atoms. The lowest BCUT2D eigenvalue weighted by Gasteiger charge is -2.15. The van der Waals surface area contributed by atoms with Crippen molar-refractivity contribution in [3.63, 3.8) is 0 Å². The predicted molar refractivity (Wildman–Crippen MR) is 96.2 cm³/mol. The Morgan fingerprint density at radius 3 is 2.77 bits per heavy atom. The fourth-order valence-corrected chi connectivity index (χ4v) is 3.67. The van der Waals surface area contributed by atoms with E-state index in [-0.39, 0.29) is 24.4 Å². The summed E-state index contributed by atoms with van der Waals surface area (Å²) in [7, 11) is 0. The van der Waals surface area contributed by atoms with E-state index in [0.717, 1.165) is 10.7 Å². The number of amides is 3. The Labute approximate surface area is 157 Å². The zero-order valence-corrected chi connectivity index (χ0v) is 15.8. The summed E-state index contributed by atoms with van der Waals surface area (Å²) < 4.78 is 5.21. The molecule has 26 heavy (non-hydrogen) atoms. The van der Waals surface area contributed by atoms with Crippen molar-refractivity contribution < 1.29 is 19.1 Å². The van der Waals surface area contributed by atoms with E-state index < -0.39 is 30.6 Å². The molecule has 3 amide bonds. The van der Waals surface area contributed by atoms with Crippen LogP contribution in [-0.4, -0.2) is 53.3 Å². The third-order valence-corrected chi connectivity index (χ3v) is 5.48. The SMILES string of the molecule is C#CCN1CC(=O)N(COC(=O)[C@@H]2[C@@H](/C=C(\C#N)SCC)C2(C)C)C1=O. The van der Waals surface area contributed by atoms with Gasteiger partial charge >= 0.3 is 12.0 Å². The number of carbonyl (C=O) groups excluding carboxylic acids is 3. The van der Waals surface area contributed by atoms with Crippen molar-refractivity contribution in [3.8, 4) is 18.4 Å². The normalized spacial score (nSPS) is 24.3. The molecule has 138 valence electrons. The maximum absolute atomic E-state index is 12.4. The average Bonchev–Trinajstić information content (AvgIpc) is 3.02. The second-order valence-electron chi connectivity index (χ2n) is 6.66. The first-order valence-electron chi connectivity index (χ1n) is 8.22. The Morgan fingerprint density at radius 2 is 2.19 bits per heavy atom. The summed E-state index contributed by atoms with van der Waals surface area (Å²) in [5.74, 6) is 1.64. The number of hydrogen-bond acceptors (Lipinski definition) is 6. The molecule has 2 atom stereocenters. The van der Waals surface area contributed by atoms with Crippen LogP contribution < -0.4 is 0 Å². The number of hydrogen-bond donors (Lipinski definition) is 0. The molecule has 0 aromatic rings. The molecule has 0 aromatic carbocycles. The minimum Gasteiger partial charge on any atom is -0.443 e. The van der Waals surface area contributed by atoms with E-state index in [1.807, 2.05) is 20.8 Å². The first-order valence-corrected chi connectivity index (χ1v) is 9.20. The van der Waals surface area contributed by atoms with Crippen LogP contribution in [0.15, 0.2) is 11.0 Å². The van der Waals surface area contributed by atoms with Crippen molar-refractivity contribution >= 4 is 29.7 Å². The Hall–Kier alpha value is -2.45. The zero-order chi connectivity index (χ0) is 19.5. The van der Waals surface area contributed by atoms with Crippen molar-refractivity contribution in [2.45, 2.75) is 20.8 Å². The van der Waals surface area contributed by atoms with Gasteiger partial charge in [-0.2, -0.15) is 5.26 Å². The van der Waals surface area contributed by atoms with Crippen LogP contribution in [0.4, 0.5) is 4.79 Å². The molecule has 1 aliphatic heterocycles. The quantitative estimate of drug-likeness (QED) is 0.292. The number of ether oxygens (including phenoxy) is 1. The predicted octanol–water partition coefficient (Wildman–Crippen LogP) is 1.82. The summed E-state index contributed by atoms with van der Waals surface area (Å²) in [6.45, 7) is 5.30. The highest BCUT2D eigenvalue weighted by molar-refractivity contribution is 8.03. The molecule has 7 nitrogen and oxygen atoms in total. The van der Waals surface area contributed by atoms with E-state index in [4.69, 9.17) is 16.4 Å². The monoisotopic (exact) mass is 375 g/mol. The smallest absolute Gasteiger partial charge is 0.330 e. The summed E-state index contributed by atoms with van der Waals surface area (Å²) in [4.78, 5) is 39.0. The average molecular weight is 375 g/mol. The largest absolute Gasteiger partial charge is 0.443 e. The molecule has 2 fully saturated rings. The minimum atomic E-state index is -0.557. The summed E-state index contributed by atoms with van der Waals surface area (Å²) >= 11 is 1.43. The molecular weight excluding hydrogens is 354 g/mol. The van der Waals surface area contributed by atoms with Crippen LogP contribution in [0, 0.1) is 40.9 Å². The van der Waals surface area contributed by atoms with Gasteiger partial charge in [-0.1, -0.05) is 32.8 Å². The lowest BCUT2D eigenvalue weighted by molar-refractivity contribution is -0.151. The van der Waals surface area contributed by atoms with Crippen molar-refractivity contribution in [1.29, 1.82) is 5.26 Å². The summed E-state index contributed by atoms with van der Waals surface area (Å²) in [6.07, 6.45) is 6.97. The van der Waals surface area contributed by atoms with Crippen molar-refractivity contribution in [2.24, 2.45) is 17.3 Å². The maximum atomic E-state index is 12.4. The number of carbonyl (C=O) groups is 3. The van der Waals surface area contributed by atoms with Crippen LogP contribution in [0.25, 0.3) is 0 Å². The number of terminal acetylenes is 1. The van der Waals surface area contributed by atoms with Gasteiger partial charge in [0.25, 0.3) is 5.91 Å². The number of allylic oxidation sites excluding steroid dienone is 2. The first kappa shape index (κ1) is 19.9. The number of urea groups is 1. The van der Waals surface area contributed by atoms with E-state index in [1.54, 1.807) is 6.08 Å². The number of nitriles is 1. The molecule has 2 rings (SSSR count). The Kier molecular flexibility index (Phi) is 5.99. The standard InChI is InChI=1S/C18H21N3O4S/c1-5-7-20-10-14(22)21(17(20)24)11-25-16(23)15-13(18(15,3)4)8-12(9-19)26-6-2/h1,8,13,15H,6-7,10-11H2,2-4H3/b12-8+/t13-,15+/m1/s1. The topological polar surface area (TPSA) is 90.7 Å². The molecule has 2 aliphatic rings. The minimum absolute atomic E-state index is 0.0313. The fraction of sp³-hybridized carbons (Fsp3) is 0.556. The molecule has 0 aromatic heterocycles. The van der Waals surface area contributed by atoms with Crippen LogP contribution in [0.3, 0.4) is 0 Å². The number of esters is 1. The molecule has 1 saturated carbocycles. The van der Waals surface area contributed by atoms with Gasteiger partial charge in [0, 0.05) is 0 Å². The van der Waals surface area contributed by atoms with Gasteiger partial charge in [-0.15, -0.1) is 18.2 Å². The lowest BCUT2D eigenvalue weighted by atomic mass is 10.1. The van der Waals surface area contributed by atoms with E-state index in [2.05, 4.69) is 12.0 Å². The van der Waals surface area contributed by atoms with E-state index in [9.17, 15) is 14.4 Å². The van der Waals surface area contributed by atoms with Gasteiger partial charge in [0.1, 0.15) is 12.6 Å². The second kappa shape index (κ2) is 7.84. The highest BCUT2D eigenvalue weighted by Gasteiger charge is 2.61. The molecular formula is C18H21N3O4S. The van der Waals surface area contributed by atoms with Gasteiger partial charge in [0.2, 0.25) is 0 Å². The van der Waals surface area contributed by atoms with Gasteiger partial charge < -0.3 is 9.64 Å². The van der Waals surface area contributed by atoms with Crippen LogP contribution >= 0.6 is 11.8 Å². The molecule has 1 aliphatic carbocycles. The molecule has 1 heterocycles. The van der Waals surface area contributed by atoms with Gasteiger partial charge in [-0.3, -0.25) is 9.59 Å². The van der Waals surface area contributed by atoms with E-state index >= 15 is 0 Å². The highest BCUT2D eigenvalue weighted by Crippen LogP contribution is 2.60. The third kappa shape index (κ3) is 3.86. The van der Waals surface area contributed by atoms with Crippen LogP contribution in [0.2, 0.25) is 0 Å². The van der Waals surface area contributed by atoms with Gasteiger partial charge in [-0.25, -0.2) is 9.69 Å². The molecule has 8 heteroatoms. The van der Waals surface area contributed by atoms with E-state index in [1.165, 1.54) is 16.7 Å². The molecule has 0 radical (unpaired) electrons. The molecule has 0 N–H and O–H groups in total. The Balaban J connectivity index is 1.97. The zero-order valence-electron chi connectivity index (χ0n) is 15.0. The van der Waals surface area contributed by atoms with Gasteiger partial charge in [0.15, 0.2) is 6.73 Å². The number of rotatable bonds is 7. The van der Waals surface area contributed by atoms with Crippen LogP contribution in [-0.2, 0) is 14.3 Å². The lowest BCUT2D eigenvalue weighted by Crippen LogP contribution is -2.36. The highest BCUT2D eigenvalue weighted by atomic mass is 32.2. The second-order valence-corrected chi connectivity index (χ2v) is 7.96. The summed E-state index contributed by atoms with van der Waals surface area (Å²) in [5, 5.41) is 9.15. The maximum Gasteiger partial charge on any atom is 0.330 e. The molecule has 0 bridgehead atoms. The Morgan fingerprint density at radius 1 is 1.50 bits per heavy atom. The summed E-state index contributed by atoms with van der Waals surface area (Å²) in [6, 6.07) is 1.57. The fourth-order valence-electron chi connectivity index (χ4n) is 3.05.